The topological polar surface area (TPSA) is 121 Å². The molecule has 3 amide bonds. The van der Waals surface area contributed by atoms with Crippen LogP contribution in [-0.2, 0) is 9.59 Å². The summed E-state index contributed by atoms with van der Waals surface area (Å²) in [5.74, 6) is -1.42. The van der Waals surface area contributed by atoms with Gasteiger partial charge in [-0.2, -0.15) is 5.21 Å². The molecule has 1 unspecified atom stereocenters. The van der Waals surface area contributed by atoms with Gasteiger partial charge in [0.05, 0.1) is 0 Å². The van der Waals surface area contributed by atoms with Crippen molar-refractivity contribution in [3.63, 3.8) is 0 Å². The molecule has 0 bridgehead atoms. The normalized spacial score (nSPS) is 20.5. The molecule has 90 valence electrons. The van der Waals surface area contributed by atoms with Gasteiger partial charge in [0.2, 0.25) is 5.91 Å². The molecule has 0 saturated carbocycles. The molecule has 1 aliphatic rings. The van der Waals surface area contributed by atoms with Crippen molar-refractivity contribution < 1.29 is 14.4 Å². The quantitative estimate of drug-likeness (QED) is 0.579. The van der Waals surface area contributed by atoms with Crippen LogP contribution in [0.1, 0.15) is 23.5 Å². The van der Waals surface area contributed by atoms with Gasteiger partial charge >= 0.3 is 0 Å². The van der Waals surface area contributed by atoms with E-state index in [-0.39, 0.29) is 24.6 Å². The molecule has 2 N–H and O–H groups in total. The number of H-pyrrole nitrogens is 1. The van der Waals surface area contributed by atoms with Crippen molar-refractivity contribution in [2.75, 3.05) is 7.05 Å². The Morgan fingerprint density at radius 1 is 1.53 bits per heavy atom. The number of tetrazole rings is 1. The maximum atomic E-state index is 11.7. The van der Waals surface area contributed by atoms with Gasteiger partial charge in [0.25, 0.3) is 17.6 Å². The molecule has 0 aromatic carbocycles. The lowest BCUT2D eigenvalue weighted by atomic mass is 10.0. The Hall–Kier alpha value is -2.32. The van der Waals surface area contributed by atoms with Crippen LogP contribution >= 0.6 is 0 Å². The lowest BCUT2D eigenvalue weighted by Crippen LogP contribution is -2.53. The van der Waals surface area contributed by atoms with E-state index in [0.29, 0.717) is 0 Å². The fraction of sp³-hybridized carbons (Fsp3) is 0.500. The van der Waals surface area contributed by atoms with Crippen LogP contribution in [0.15, 0.2) is 0 Å². The minimum atomic E-state index is -0.719. The third kappa shape index (κ3) is 2.12. The average Bonchev–Trinajstić information content (AvgIpc) is 2.83. The van der Waals surface area contributed by atoms with Crippen molar-refractivity contribution in [3.05, 3.63) is 5.82 Å². The molecule has 0 radical (unpaired) electrons. The number of carbonyl (C=O) groups is 3. The summed E-state index contributed by atoms with van der Waals surface area (Å²) in [6, 6.07) is -0.719. The summed E-state index contributed by atoms with van der Waals surface area (Å²) in [5.41, 5.74) is 0. The predicted molar refractivity (Wildman–Crippen MR) is 52.4 cm³/mol. The van der Waals surface area contributed by atoms with Gasteiger partial charge in [0, 0.05) is 13.5 Å². The van der Waals surface area contributed by atoms with E-state index in [2.05, 4.69) is 25.9 Å². The SMILES string of the molecule is CN1C(=O)CCC(NC(=O)c2nn[nH]n2)C1=O. The number of carbonyl (C=O) groups excluding carboxylic acids is 3. The Labute approximate surface area is 95.5 Å². The number of amides is 3. The highest BCUT2D eigenvalue weighted by Crippen LogP contribution is 2.11. The Morgan fingerprint density at radius 2 is 2.29 bits per heavy atom. The molecule has 1 aromatic heterocycles. The first-order chi connectivity index (χ1) is 8.09. The van der Waals surface area contributed by atoms with Crippen molar-refractivity contribution in [1.82, 2.24) is 30.8 Å². The van der Waals surface area contributed by atoms with E-state index >= 15 is 0 Å². The number of aromatic nitrogens is 4. The fourth-order valence-electron chi connectivity index (χ4n) is 1.53. The summed E-state index contributed by atoms with van der Waals surface area (Å²) in [6.07, 6.45) is 0.505. The van der Waals surface area contributed by atoms with Gasteiger partial charge in [0.1, 0.15) is 6.04 Å². The standard InChI is InChI=1S/C8H10N6O3/c1-14-5(15)3-2-4(8(14)17)9-7(16)6-10-12-13-11-6/h4H,2-3H2,1H3,(H,9,16)(H,10,11,12,13). The maximum absolute atomic E-state index is 11.7. The van der Waals surface area contributed by atoms with Crippen molar-refractivity contribution >= 4 is 17.7 Å². The van der Waals surface area contributed by atoms with Gasteiger partial charge in [-0.3, -0.25) is 19.3 Å². The van der Waals surface area contributed by atoms with Gasteiger partial charge in [0.15, 0.2) is 0 Å². The average molecular weight is 238 g/mol. The van der Waals surface area contributed by atoms with Crippen molar-refractivity contribution in [3.8, 4) is 0 Å². The summed E-state index contributed by atoms with van der Waals surface area (Å²) < 4.78 is 0. The highest BCUT2D eigenvalue weighted by Gasteiger charge is 2.33. The molecule has 9 nitrogen and oxygen atoms in total. The number of rotatable bonds is 2. The molecule has 1 aliphatic heterocycles. The molecule has 9 heteroatoms. The van der Waals surface area contributed by atoms with Crippen LogP contribution < -0.4 is 5.32 Å². The van der Waals surface area contributed by atoms with Crippen LogP contribution in [0.5, 0.6) is 0 Å². The molecule has 1 atom stereocenters. The first-order valence-electron chi connectivity index (χ1n) is 4.94. The third-order valence-electron chi connectivity index (χ3n) is 2.50. The predicted octanol–water partition coefficient (Wildman–Crippen LogP) is -1.92. The molecule has 0 spiro atoms. The second kappa shape index (κ2) is 4.28. The summed E-state index contributed by atoms with van der Waals surface area (Å²) >= 11 is 0. The van der Waals surface area contributed by atoms with Crippen LogP contribution in [0.25, 0.3) is 0 Å². The van der Waals surface area contributed by atoms with E-state index in [0.717, 1.165) is 4.90 Å². The number of nitrogens with one attached hydrogen (secondary N) is 2. The number of hydrogen-bond donors (Lipinski definition) is 2. The van der Waals surface area contributed by atoms with Gasteiger partial charge in [-0.25, -0.2) is 0 Å². The Bertz CT molecular complexity index is 456. The van der Waals surface area contributed by atoms with Crippen LogP contribution in [0, 0.1) is 0 Å². The molecular formula is C8H10N6O3. The molecule has 0 aliphatic carbocycles. The Balaban J connectivity index is 2.02. The number of likely N-dealkylation sites (N-methyl/N-ethyl adjacent to an activating group) is 1. The van der Waals surface area contributed by atoms with E-state index in [1.165, 1.54) is 7.05 Å². The highest BCUT2D eigenvalue weighted by atomic mass is 16.2. The second-order valence-corrected chi connectivity index (χ2v) is 3.59. The molecule has 17 heavy (non-hydrogen) atoms. The smallest absolute Gasteiger partial charge is 0.293 e. The van der Waals surface area contributed by atoms with Crippen LogP contribution in [-0.4, -0.2) is 56.3 Å². The minimum absolute atomic E-state index is 0.141. The second-order valence-electron chi connectivity index (χ2n) is 3.59. The third-order valence-corrected chi connectivity index (χ3v) is 2.50. The maximum Gasteiger partial charge on any atom is 0.293 e. The van der Waals surface area contributed by atoms with E-state index in [4.69, 9.17) is 0 Å². The molecule has 1 aromatic rings. The van der Waals surface area contributed by atoms with Gasteiger partial charge < -0.3 is 5.32 Å². The van der Waals surface area contributed by atoms with E-state index < -0.39 is 17.9 Å². The summed E-state index contributed by atoms with van der Waals surface area (Å²) in [6.45, 7) is 0. The fourth-order valence-corrected chi connectivity index (χ4v) is 1.53. The Morgan fingerprint density at radius 3 is 2.94 bits per heavy atom. The van der Waals surface area contributed by atoms with Crippen LogP contribution in [0.2, 0.25) is 0 Å². The molecule has 1 saturated heterocycles. The molecule has 1 fully saturated rings. The highest BCUT2D eigenvalue weighted by molar-refractivity contribution is 6.02. The zero-order chi connectivity index (χ0) is 12.4. The van der Waals surface area contributed by atoms with E-state index in [1.807, 2.05) is 0 Å². The van der Waals surface area contributed by atoms with Crippen LogP contribution in [0.4, 0.5) is 0 Å². The first kappa shape index (κ1) is 11.2. The molecule has 2 heterocycles. The molecule has 2 rings (SSSR count). The number of hydrogen-bond acceptors (Lipinski definition) is 6. The van der Waals surface area contributed by atoms with Gasteiger partial charge in [-0.05, 0) is 11.6 Å². The lowest BCUT2D eigenvalue weighted by molar-refractivity contribution is -0.147. The summed E-state index contributed by atoms with van der Waals surface area (Å²) in [5, 5.41) is 14.8. The van der Waals surface area contributed by atoms with E-state index in [9.17, 15) is 14.4 Å². The number of piperidine rings is 1. The first-order valence-corrected chi connectivity index (χ1v) is 4.94. The van der Waals surface area contributed by atoms with Crippen molar-refractivity contribution in [1.29, 1.82) is 0 Å². The van der Waals surface area contributed by atoms with Crippen molar-refractivity contribution in [2.24, 2.45) is 0 Å². The largest absolute Gasteiger partial charge is 0.337 e. The van der Waals surface area contributed by atoms with Crippen molar-refractivity contribution in [2.45, 2.75) is 18.9 Å². The van der Waals surface area contributed by atoms with Gasteiger partial charge in [-0.15, -0.1) is 10.2 Å². The zero-order valence-electron chi connectivity index (χ0n) is 9.01. The molecular weight excluding hydrogens is 228 g/mol. The zero-order valence-corrected chi connectivity index (χ0v) is 9.01. The summed E-state index contributed by atoms with van der Waals surface area (Å²) in [7, 11) is 1.39. The number of nitrogens with zero attached hydrogens (tertiary/aromatic N) is 4. The monoisotopic (exact) mass is 238 g/mol. The number of aromatic amines is 1. The number of imide groups is 1. The lowest BCUT2D eigenvalue weighted by Gasteiger charge is -2.27. The van der Waals surface area contributed by atoms with E-state index in [1.54, 1.807) is 0 Å². The minimum Gasteiger partial charge on any atom is -0.337 e. The van der Waals surface area contributed by atoms with Crippen LogP contribution in [0.3, 0.4) is 0 Å². The number of likely N-dealkylation sites (tertiary alicyclic amines) is 1. The summed E-state index contributed by atoms with van der Waals surface area (Å²) in [4.78, 5) is 35.4. The van der Waals surface area contributed by atoms with Gasteiger partial charge in [-0.1, -0.05) is 0 Å². The Kier molecular flexibility index (Phi) is 2.81.